The van der Waals surface area contributed by atoms with E-state index < -0.39 is 0 Å². The molecular weight excluding hydrogens is 322 g/mol. The summed E-state index contributed by atoms with van der Waals surface area (Å²) in [5.74, 6) is 1.16. The first-order valence-corrected chi connectivity index (χ1v) is 7.76. The molecule has 0 atom stereocenters. The summed E-state index contributed by atoms with van der Waals surface area (Å²) < 4.78 is 5.86. The Kier molecular flexibility index (Phi) is 3.81. The number of hydrogen-bond acceptors (Lipinski definition) is 4. The van der Waals surface area contributed by atoms with Crippen molar-refractivity contribution in [1.29, 1.82) is 0 Å². The molecule has 2 heterocycles. The number of halogens is 1. The largest absolute Gasteiger partial charge is 0.439 e. The van der Waals surface area contributed by atoms with Crippen molar-refractivity contribution in [2.45, 2.75) is 0 Å². The highest BCUT2D eigenvalue weighted by Crippen LogP contribution is 2.26. The molecule has 0 aliphatic carbocycles. The molecule has 5 heteroatoms. The summed E-state index contributed by atoms with van der Waals surface area (Å²) in [4.78, 5) is 12.8. The minimum absolute atomic E-state index is 0.477. The smallest absolute Gasteiger partial charge is 0.222 e. The number of fused-ring (bicyclic) bond motifs is 1. The second-order valence-electron chi connectivity index (χ2n) is 5.21. The minimum Gasteiger partial charge on any atom is -0.439 e. The zero-order valence-electron chi connectivity index (χ0n) is 12.6. The van der Waals surface area contributed by atoms with E-state index in [0.717, 1.165) is 22.2 Å². The standard InChI is InChI=1S/C19H12ClN3O/c20-15-6-3-14(4-7-15)18-11-19(23-12-22-18)24-16-8-5-13-2-1-9-21-17(13)10-16/h1-12H. The first-order valence-electron chi connectivity index (χ1n) is 7.38. The minimum atomic E-state index is 0.477. The lowest BCUT2D eigenvalue weighted by Crippen LogP contribution is -1.91. The van der Waals surface area contributed by atoms with Gasteiger partial charge in [0, 0.05) is 34.3 Å². The van der Waals surface area contributed by atoms with Crippen molar-refractivity contribution in [3.63, 3.8) is 0 Å². The Labute approximate surface area is 143 Å². The number of hydrogen-bond donors (Lipinski definition) is 0. The van der Waals surface area contributed by atoms with E-state index in [2.05, 4.69) is 15.0 Å². The highest BCUT2D eigenvalue weighted by atomic mass is 35.5. The molecule has 0 bridgehead atoms. The van der Waals surface area contributed by atoms with Crippen LogP contribution in [0.15, 0.2) is 73.2 Å². The molecule has 116 valence electrons. The van der Waals surface area contributed by atoms with Crippen molar-refractivity contribution in [2.24, 2.45) is 0 Å². The normalized spacial score (nSPS) is 10.7. The lowest BCUT2D eigenvalue weighted by Gasteiger charge is -2.07. The van der Waals surface area contributed by atoms with Gasteiger partial charge in [-0.3, -0.25) is 4.98 Å². The van der Waals surface area contributed by atoms with E-state index in [9.17, 15) is 0 Å². The number of nitrogens with zero attached hydrogens (tertiary/aromatic N) is 3. The fraction of sp³-hybridized carbons (Fsp3) is 0. The van der Waals surface area contributed by atoms with Gasteiger partial charge in [0.05, 0.1) is 11.2 Å². The van der Waals surface area contributed by atoms with Crippen LogP contribution < -0.4 is 4.74 Å². The van der Waals surface area contributed by atoms with Crippen molar-refractivity contribution < 1.29 is 4.74 Å². The van der Waals surface area contributed by atoms with Crippen molar-refractivity contribution in [3.8, 4) is 22.9 Å². The SMILES string of the molecule is Clc1ccc(-c2cc(Oc3ccc4cccnc4c3)ncn2)cc1. The zero-order valence-corrected chi connectivity index (χ0v) is 13.3. The molecule has 4 rings (SSSR count). The molecule has 4 aromatic rings. The Morgan fingerprint density at radius 3 is 2.58 bits per heavy atom. The van der Waals surface area contributed by atoms with Gasteiger partial charge in [-0.05, 0) is 30.3 Å². The van der Waals surface area contributed by atoms with Crippen LogP contribution in [-0.4, -0.2) is 15.0 Å². The summed E-state index contributed by atoms with van der Waals surface area (Å²) in [6.07, 6.45) is 3.24. The van der Waals surface area contributed by atoms with Gasteiger partial charge < -0.3 is 4.74 Å². The fourth-order valence-electron chi connectivity index (χ4n) is 2.40. The van der Waals surface area contributed by atoms with E-state index >= 15 is 0 Å². The first kappa shape index (κ1) is 14.6. The lowest BCUT2D eigenvalue weighted by molar-refractivity contribution is 0.462. The van der Waals surface area contributed by atoms with Gasteiger partial charge in [0.25, 0.3) is 0 Å². The van der Waals surface area contributed by atoms with E-state index in [0.29, 0.717) is 16.7 Å². The van der Waals surface area contributed by atoms with Gasteiger partial charge in [-0.25, -0.2) is 9.97 Å². The molecule has 0 N–H and O–H groups in total. The van der Waals surface area contributed by atoms with Crippen molar-refractivity contribution in [3.05, 3.63) is 78.2 Å². The predicted octanol–water partition coefficient (Wildman–Crippen LogP) is 5.14. The highest BCUT2D eigenvalue weighted by molar-refractivity contribution is 6.30. The van der Waals surface area contributed by atoms with Crippen molar-refractivity contribution in [1.82, 2.24) is 15.0 Å². The molecule has 0 fully saturated rings. The van der Waals surface area contributed by atoms with Crippen LogP contribution in [-0.2, 0) is 0 Å². The maximum absolute atomic E-state index is 5.92. The highest BCUT2D eigenvalue weighted by Gasteiger charge is 2.05. The molecule has 0 aliphatic heterocycles. The van der Waals surface area contributed by atoms with E-state index in [1.165, 1.54) is 6.33 Å². The number of pyridine rings is 1. The van der Waals surface area contributed by atoms with Crippen LogP contribution >= 0.6 is 11.6 Å². The van der Waals surface area contributed by atoms with Gasteiger partial charge >= 0.3 is 0 Å². The van der Waals surface area contributed by atoms with Gasteiger partial charge in [0.2, 0.25) is 5.88 Å². The summed E-state index contributed by atoms with van der Waals surface area (Å²) in [5, 5.41) is 1.75. The molecule has 0 saturated heterocycles. The third-order valence-corrected chi connectivity index (χ3v) is 3.83. The Bertz CT molecular complexity index is 1000. The van der Waals surface area contributed by atoms with Crippen LogP contribution in [0.5, 0.6) is 11.6 Å². The second-order valence-corrected chi connectivity index (χ2v) is 5.64. The van der Waals surface area contributed by atoms with Crippen LogP contribution in [0.1, 0.15) is 0 Å². The van der Waals surface area contributed by atoms with Gasteiger partial charge in [-0.15, -0.1) is 0 Å². The summed E-state index contributed by atoms with van der Waals surface area (Å²) in [5.41, 5.74) is 2.60. The average molecular weight is 334 g/mol. The number of benzene rings is 2. The fourth-order valence-corrected chi connectivity index (χ4v) is 2.53. The predicted molar refractivity (Wildman–Crippen MR) is 94.3 cm³/mol. The molecule has 0 amide bonds. The second kappa shape index (κ2) is 6.26. The van der Waals surface area contributed by atoms with Crippen LogP contribution in [0.2, 0.25) is 5.02 Å². The van der Waals surface area contributed by atoms with Gasteiger partial charge in [-0.2, -0.15) is 0 Å². The van der Waals surface area contributed by atoms with Crippen molar-refractivity contribution >= 4 is 22.5 Å². The number of ether oxygens (including phenoxy) is 1. The van der Waals surface area contributed by atoms with Crippen LogP contribution in [0.3, 0.4) is 0 Å². The molecular formula is C19H12ClN3O. The Hall–Kier alpha value is -2.98. The Morgan fingerprint density at radius 1 is 0.833 bits per heavy atom. The monoisotopic (exact) mass is 333 g/mol. The molecule has 0 aliphatic rings. The van der Waals surface area contributed by atoms with E-state index in [-0.39, 0.29) is 0 Å². The summed E-state index contributed by atoms with van der Waals surface area (Å²) in [6.45, 7) is 0. The number of aromatic nitrogens is 3. The van der Waals surface area contributed by atoms with E-state index in [4.69, 9.17) is 16.3 Å². The molecule has 24 heavy (non-hydrogen) atoms. The molecule has 2 aromatic heterocycles. The molecule has 0 spiro atoms. The maximum atomic E-state index is 5.92. The van der Waals surface area contributed by atoms with E-state index in [1.54, 1.807) is 12.3 Å². The molecule has 0 unspecified atom stereocenters. The van der Waals surface area contributed by atoms with Crippen LogP contribution in [0.25, 0.3) is 22.2 Å². The summed E-state index contributed by atoms with van der Waals surface area (Å²) in [6, 6.07) is 18.9. The van der Waals surface area contributed by atoms with Crippen LogP contribution in [0, 0.1) is 0 Å². The molecule has 0 saturated carbocycles. The molecule has 2 aromatic carbocycles. The topological polar surface area (TPSA) is 47.9 Å². The zero-order chi connectivity index (χ0) is 16.4. The average Bonchev–Trinajstić information content (AvgIpc) is 2.62. The van der Waals surface area contributed by atoms with Crippen molar-refractivity contribution in [2.75, 3.05) is 0 Å². The van der Waals surface area contributed by atoms with Gasteiger partial charge in [0.1, 0.15) is 12.1 Å². The maximum Gasteiger partial charge on any atom is 0.222 e. The van der Waals surface area contributed by atoms with Gasteiger partial charge in [0.15, 0.2) is 0 Å². The number of rotatable bonds is 3. The lowest BCUT2D eigenvalue weighted by atomic mass is 10.1. The van der Waals surface area contributed by atoms with Gasteiger partial charge in [-0.1, -0.05) is 29.8 Å². The molecule has 4 nitrogen and oxygen atoms in total. The quantitative estimate of drug-likeness (QED) is 0.521. The van der Waals surface area contributed by atoms with Crippen LogP contribution in [0.4, 0.5) is 0 Å². The summed E-state index contributed by atoms with van der Waals surface area (Å²) >= 11 is 5.92. The van der Waals surface area contributed by atoms with E-state index in [1.807, 2.05) is 54.6 Å². The Morgan fingerprint density at radius 2 is 1.71 bits per heavy atom. The third kappa shape index (κ3) is 3.05. The first-order chi connectivity index (χ1) is 11.8. The summed E-state index contributed by atoms with van der Waals surface area (Å²) in [7, 11) is 0. The molecule has 0 radical (unpaired) electrons. The Balaban J connectivity index is 1.64. The third-order valence-electron chi connectivity index (χ3n) is 3.58.